The molecule has 0 spiro atoms. The number of benzene rings is 1. The lowest BCUT2D eigenvalue weighted by Crippen LogP contribution is -2.49. The third-order valence-electron chi connectivity index (χ3n) is 5.42. The fourth-order valence-electron chi connectivity index (χ4n) is 3.73. The molecular formula is C23H26N2O6S. The van der Waals surface area contributed by atoms with Gasteiger partial charge in [0.2, 0.25) is 0 Å². The Kier molecular flexibility index (Phi) is 6.74. The second-order valence-electron chi connectivity index (χ2n) is 8.32. The summed E-state index contributed by atoms with van der Waals surface area (Å²) in [5.41, 5.74) is 0.887. The lowest BCUT2D eigenvalue weighted by molar-refractivity contribution is -0.142. The molecule has 2 amide bonds. The Morgan fingerprint density at radius 1 is 1.25 bits per heavy atom. The number of sulfone groups is 1. The van der Waals surface area contributed by atoms with Crippen LogP contribution in [0.3, 0.4) is 0 Å². The minimum Gasteiger partial charge on any atom is -0.493 e. The van der Waals surface area contributed by atoms with Crippen LogP contribution in [0.4, 0.5) is 0 Å². The van der Waals surface area contributed by atoms with E-state index in [0.717, 1.165) is 4.90 Å². The Morgan fingerprint density at radius 3 is 2.53 bits per heavy atom. The van der Waals surface area contributed by atoms with Gasteiger partial charge in [-0.15, -0.1) is 0 Å². The van der Waals surface area contributed by atoms with Gasteiger partial charge in [0.1, 0.15) is 11.6 Å². The van der Waals surface area contributed by atoms with E-state index in [9.17, 15) is 23.3 Å². The highest BCUT2D eigenvalue weighted by atomic mass is 32.2. The van der Waals surface area contributed by atoms with E-state index in [1.807, 2.05) is 19.9 Å². The quantitative estimate of drug-likeness (QED) is 0.475. The molecule has 1 aromatic carbocycles. The molecule has 0 aromatic heterocycles. The first-order chi connectivity index (χ1) is 15.1. The van der Waals surface area contributed by atoms with Gasteiger partial charge in [-0.3, -0.25) is 14.5 Å². The summed E-state index contributed by atoms with van der Waals surface area (Å²) in [4.78, 5) is 27.0. The van der Waals surface area contributed by atoms with Crippen molar-refractivity contribution in [1.82, 2.24) is 4.90 Å². The molecular weight excluding hydrogens is 432 g/mol. The molecule has 0 bridgehead atoms. The molecule has 1 fully saturated rings. The number of carbonyl (C=O) groups excluding carboxylic acids is 2. The number of hydrogen-bond acceptors (Lipinski definition) is 7. The number of carbonyl (C=O) groups is 2. The van der Waals surface area contributed by atoms with Crippen molar-refractivity contribution in [2.24, 2.45) is 5.92 Å². The number of ether oxygens (including phenoxy) is 2. The molecule has 1 saturated heterocycles. The Hall–Kier alpha value is -3.12. The van der Waals surface area contributed by atoms with Crippen molar-refractivity contribution in [3.63, 3.8) is 0 Å². The largest absolute Gasteiger partial charge is 0.493 e. The maximum atomic E-state index is 13.3. The normalized spacial score (nSPS) is 21.9. The number of nitrogens with zero attached hydrogens (tertiary/aromatic N) is 2. The van der Waals surface area contributed by atoms with Crippen molar-refractivity contribution < 1.29 is 27.5 Å². The Morgan fingerprint density at radius 2 is 1.97 bits per heavy atom. The van der Waals surface area contributed by atoms with Gasteiger partial charge in [0.05, 0.1) is 31.3 Å². The number of amides is 2. The monoisotopic (exact) mass is 458 g/mol. The van der Waals surface area contributed by atoms with Gasteiger partial charge in [0.25, 0.3) is 11.8 Å². The third kappa shape index (κ3) is 4.70. The lowest BCUT2D eigenvalue weighted by Gasteiger charge is -2.31. The van der Waals surface area contributed by atoms with E-state index in [1.165, 1.54) is 7.11 Å². The first-order valence-electron chi connectivity index (χ1n) is 10.3. The van der Waals surface area contributed by atoms with Gasteiger partial charge in [-0.05, 0) is 48.6 Å². The zero-order valence-electron chi connectivity index (χ0n) is 18.5. The molecule has 3 rings (SSSR count). The van der Waals surface area contributed by atoms with Gasteiger partial charge in [0.15, 0.2) is 21.3 Å². The van der Waals surface area contributed by atoms with Crippen LogP contribution in [0, 0.1) is 17.2 Å². The van der Waals surface area contributed by atoms with Gasteiger partial charge < -0.3 is 9.47 Å². The molecule has 2 aliphatic heterocycles. The first kappa shape index (κ1) is 23.5. The molecule has 2 heterocycles. The van der Waals surface area contributed by atoms with Gasteiger partial charge in [-0.25, -0.2) is 8.42 Å². The SMILES string of the molecule is COc1cc(C=C2C(=O)N(C3CCS(=O)(=O)C3)C(=O)C(C#N)=C2C)ccc1OCC(C)C. The molecule has 0 N–H and O–H groups in total. The van der Waals surface area contributed by atoms with E-state index >= 15 is 0 Å². The predicted octanol–water partition coefficient (Wildman–Crippen LogP) is 2.51. The van der Waals surface area contributed by atoms with Crippen LogP contribution in [0.5, 0.6) is 11.5 Å². The van der Waals surface area contributed by atoms with Crippen molar-refractivity contribution in [1.29, 1.82) is 5.26 Å². The second-order valence-corrected chi connectivity index (χ2v) is 10.6. The van der Waals surface area contributed by atoms with Crippen LogP contribution < -0.4 is 9.47 Å². The van der Waals surface area contributed by atoms with Crippen LogP contribution in [0.1, 0.15) is 32.8 Å². The van der Waals surface area contributed by atoms with E-state index in [2.05, 4.69) is 0 Å². The van der Waals surface area contributed by atoms with E-state index < -0.39 is 27.7 Å². The van der Waals surface area contributed by atoms with Crippen LogP contribution in [-0.2, 0) is 19.4 Å². The molecule has 32 heavy (non-hydrogen) atoms. The topological polar surface area (TPSA) is 114 Å². The molecule has 170 valence electrons. The fourth-order valence-corrected chi connectivity index (χ4v) is 5.43. The molecule has 8 nitrogen and oxygen atoms in total. The van der Waals surface area contributed by atoms with Crippen molar-refractivity contribution >= 4 is 27.7 Å². The van der Waals surface area contributed by atoms with E-state index in [-0.39, 0.29) is 34.6 Å². The summed E-state index contributed by atoms with van der Waals surface area (Å²) < 4.78 is 35.0. The summed E-state index contributed by atoms with van der Waals surface area (Å²) in [6.07, 6.45) is 1.74. The van der Waals surface area contributed by atoms with Crippen molar-refractivity contribution in [2.75, 3.05) is 25.2 Å². The second kappa shape index (κ2) is 9.17. The Labute approximate surface area is 188 Å². The van der Waals surface area contributed by atoms with Crippen molar-refractivity contribution in [3.8, 4) is 17.6 Å². The Balaban J connectivity index is 2.01. The number of rotatable bonds is 6. The third-order valence-corrected chi connectivity index (χ3v) is 7.17. The summed E-state index contributed by atoms with van der Waals surface area (Å²) in [6, 6.07) is 6.28. The number of imide groups is 1. The first-order valence-corrected chi connectivity index (χ1v) is 12.1. The zero-order chi connectivity index (χ0) is 23.6. The van der Waals surface area contributed by atoms with Gasteiger partial charge >= 0.3 is 0 Å². The van der Waals surface area contributed by atoms with Crippen LogP contribution in [0.25, 0.3) is 6.08 Å². The highest BCUT2D eigenvalue weighted by Gasteiger charge is 2.43. The Bertz CT molecular complexity index is 1160. The summed E-state index contributed by atoms with van der Waals surface area (Å²) in [7, 11) is -1.81. The predicted molar refractivity (Wildman–Crippen MR) is 119 cm³/mol. The molecule has 0 radical (unpaired) electrons. The zero-order valence-corrected chi connectivity index (χ0v) is 19.4. The molecule has 9 heteroatoms. The molecule has 0 aliphatic carbocycles. The van der Waals surface area contributed by atoms with Crippen LogP contribution in [0.2, 0.25) is 0 Å². The summed E-state index contributed by atoms with van der Waals surface area (Å²) in [6.45, 7) is 6.12. The number of nitriles is 1. The average Bonchev–Trinajstić information content (AvgIpc) is 3.09. The molecule has 2 aliphatic rings. The van der Waals surface area contributed by atoms with Crippen molar-refractivity contribution in [2.45, 2.75) is 33.2 Å². The van der Waals surface area contributed by atoms with Crippen LogP contribution in [-0.4, -0.2) is 56.4 Å². The van der Waals surface area contributed by atoms with E-state index in [1.54, 1.807) is 31.2 Å². The standard InChI is InChI=1S/C23H26N2O6S/c1-14(2)12-31-20-6-5-16(10-21(20)30-4)9-18-15(3)19(11-24)23(27)25(22(18)26)17-7-8-32(28,29)13-17/h5-6,9-10,14,17H,7-8,12-13H2,1-4H3. The van der Waals surface area contributed by atoms with E-state index in [0.29, 0.717) is 29.6 Å². The molecule has 0 saturated carbocycles. The molecule has 1 unspecified atom stereocenters. The fraction of sp³-hybridized carbons (Fsp3) is 0.435. The molecule has 1 aromatic rings. The average molecular weight is 459 g/mol. The summed E-state index contributed by atoms with van der Waals surface area (Å²) in [5.74, 6) is -0.339. The van der Waals surface area contributed by atoms with E-state index in [4.69, 9.17) is 9.47 Å². The highest BCUT2D eigenvalue weighted by molar-refractivity contribution is 7.91. The maximum Gasteiger partial charge on any atom is 0.271 e. The minimum atomic E-state index is -3.33. The molecule has 1 atom stereocenters. The summed E-state index contributed by atoms with van der Waals surface area (Å²) >= 11 is 0. The number of methoxy groups -OCH3 is 1. The maximum absolute atomic E-state index is 13.3. The van der Waals surface area contributed by atoms with Crippen LogP contribution in [0.15, 0.2) is 34.9 Å². The van der Waals surface area contributed by atoms with Crippen LogP contribution >= 0.6 is 0 Å². The van der Waals surface area contributed by atoms with Gasteiger partial charge in [-0.2, -0.15) is 5.26 Å². The van der Waals surface area contributed by atoms with Gasteiger partial charge in [-0.1, -0.05) is 19.9 Å². The lowest BCUT2D eigenvalue weighted by atomic mass is 9.92. The smallest absolute Gasteiger partial charge is 0.271 e. The number of hydrogen-bond donors (Lipinski definition) is 0. The minimum absolute atomic E-state index is 0.0899. The highest BCUT2D eigenvalue weighted by Crippen LogP contribution is 2.33. The van der Waals surface area contributed by atoms with Gasteiger partial charge in [0, 0.05) is 5.57 Å². The summed E-state index contributed by atoms with van der Waals surface area (Å²) in [5, 5.41) is 9.54. The van der Waals surface area contributed by atoms with Crippen molar-refractivity contribution in [3.05, 3.63) is 40.5 Å².